The zero-order valence-corrected chi connectivity index (χ0v) is 12.8. The van der Waals surface area contributed by atoms with Gasteiger partial charge in [-0.3, -0.25) is 4.79 Å². The molecule has 1 aromatic rings. The van der Waals surface area contributed by atoms with Gasteiger partial charge in [-0.25, -0.2) is 0 Å². The van der Waals surface area contributed by atoms with E-state index in [9.17, 15) is 4.79 Å². The largest absolute Gasteiger partial charge is 0.492 e. The Morgan fingerprint density at radius 1 is 1.29 bits per heavy atom. The smallest absolute Gasteiger partial charge is 0.153 e. The standard InChI is InChI=1S/C17H22N2O2/c1-3-4-5-12-21-17-13-16(7-6-15(17)14-20)19-10-8-18(2)9-11-19/h6-7,13-14H,5,8-12H2,1-2H3. The first-order chi connectivity index (χ1) is 10.2. The maximum Gasteiger partial charge on any atom is 0.153 e. The van der Waals surface area contributed by atoms with Crippen molar-refractivity contribution in [2.24, 2.45) is 0 Å². The molecule has 4 heteroatoms. The summed E-state index contributed by atoms with van der Waals surface area (Å²) in [5.74, 6) is 6.45. The van der Waals surface area contributed by atoms with Crippen molar-refractivity contribution in [1.29, 1.82) is 0 Å². The van der Waals surface area contributed by atoms with Crippen molar-refractivity contribution < 1.29 is 9.53 Å². The summed E-state index contributed by atoms with van der Waals surface area (Å²) in [6, 6.07) is 5.80. The quantitative estimate of drug-likeness (QED) is 0.471. The molecule has 0 bridgehead atoms. The van der Waals surface area contributed by atoms with E-state index in [2.05, 4.69) is 28.7 Å². The number of rotatable bonds is 5. The molecule has 1 heterocycles. The number of ether oxygens (including phenoxy) is 1. The minimum absolute atomic E-state index is 0.508. The first-order valence-corrected chi connectivity index (χ1v) is 7.29. The molecule has 4 nitrogen and oxygen atoms in total. The van der Waals surface area contributed by atoms with E-state index in [0.29, 0.717) is 24.3 Å². The summed E-state index contributed by atoms with van der Waals surface area (Å²) in [5, 5.41) is 0. The lowest BCUT2D eigenvalue weighted by molar-refractivity contribution is 0.111. The van der Waals surface area contributed by atoms with Gasteiger partial charge in [-0.15, -0.1) is 11.8 Å². The number of piperazine rings is 1. The van der Waals surface area contributed by atoms with Crippen LogP contribution in [0.5, 0.6) is 5.75 Å². The highest BCUT2D eigenvalue weighted by atomic mass is 16.5. The Morgan fingerprint density at radius 2 is 2.05 bits per heavy atom. The molecule has 0 saturated carbocycles. The third kappa shape index (κ3) is 4.24. The maximum absolute atomic E-state index is 11.1. The normalized spacial score (nSPS) is 15.2. The molecule has 1 fully saturated rings. The molecular weight excluding hydrogens is 264 g/mol. The topological polar surface area (TPSA) is 32.8 Å². The molecule has 0 aromatic heterocycles. The summed E-state index contributed by atoms with van der Waals surface area (Å²) < 4.78 is 5.71. The van der Waals surface area contributed by atoms with Gasteiger partial charge in [0.05, 0.1) is 12.2 Å². The third-order valence-electron chi connectivity index (χ3n) is 3.65. The molecule has 1 aliphatic heterocycles. The minimum atomic E-state index is 0.508. The molecule has 2 rings (SSSR count). The van der Waals surface area contributed by atoms with Crippen LogP contribution in [0.3, 0.4) is 0 Å². The van der Waals surface area contributed by atoms with Gasteiger partial charge < -0.3 is 14.5 Å². The van der Waals surface area contributed by atoms with E-state index in [1.165, 1.54) is 0 Å². The van der Waals surface area contributed by atoms with Crippen molar-refractivity contribution in [1.82, 2.24) is 4.90 Å². The van der Waals surface area contributed by atoms with Crippen LogP contribution in [0.15, 0.2) is 18.2 Å². The zero-order chi connectivity index (χ0) is 15.1. The molecule has 0 atom stereocenters. The van der Waals surface area contributed by atoms with Gasteiger partial charge >= 0.3 is 0 Å². The van der Waals surface area contributed by atoms with E-state index >= 15 is 0 Å². The van der Waals surface area contributed by atoms with Crippen LogP contribution in [-0.4, -0.2) is 51.0 Å². The van der Waals surface area contributed by atoms with Crippen LogP contribution in [0.25, 0.3) is 0 Å². The van der Waals surface area contributed by atoms with Crippen LogP contribution in [0.4, 0.5) is 5.69 Å². The number of benzene rings is 1. The lowest BCUT2D eigenvalue weighted by Crippen LogP contribution is -2.44. The van der Waals surface area contributed by atoms with Gasteiger partial charge in [-0.2, -0.15) is 0 Å². The Labute approximate surface area is 126 Å². The summed E-state index contributed by atoms with van der Waals surface area (Å²) in [4.78, 5) is 15.8. The maximum atomic E-state index is 11.1. The second-order valence-electron chi connectivity index (χ2n) is 5.16. The van der Waals surface area contributed by atoms with Crippen LogP contribution < -0.4 is 9.64 Å². The number of aldehydes is 1. The third-order valence-corrected chi connectivity index (χ3v) is 3.65. The van der Waals surface area contributed by atoms with E-state index in [1.807, 2.05) is 25.1 Å². The lowest BCUT2D eigenvalue weighted by atomic mass is 10.1. The first kappa shape index (κ1) is 15.4. The Kier molecular flexibility index (Phi) is 5.65. The number of carbonyl (C=O) groups is 1. The monoisotopic (exact) mass is 286 g/mol. The van der Waals surface area contributed by atoms with Crippen molar-refractivity contribution in [2.75, 3.05) is 44.7 Å². The Hall–Kier alpha value is -1.99. The Bertz CT molecular complexity index is 537. The van der Waals surface area contributed by atoms with E-state index < -0.39 is 0 Å². The fourth-order valence-electron chi connectivity index (χ4n) is 2.34. The molecule has 0 radical (unpaired) electrons. The molecule has 1 aromatic carbocycles. The summed E-state index contributed by atoms with van der Waals surface area (Å²) >= 11 is 0. The summed E-state index contributed by atoms with van der Waals surface area (Å²) in [6.45, 7) is 6.42. The first-order valence-electron chi connectivity index (χ1n) is 7.29. The predicted octanol–water partition coefficient (Wildman–Crippen LogP) is 2.04. The summed E-state index contributed by atoms with van der Waals surface area (Å²) in [5.41, 5.74) is 1.71. The van der Waals surface area contributed by atoms with Crippen molar-refractivity contribution >= 4 is 12.0 Å². The molecule has 0 aliphatic carbocycles. The average molecular weight is 286 g/mol. The van der Waals surface area contributed by atoms with Crippen LogP contribution in [0.1, 0.15) is 23.7 Å². The number of anilines is 1. The molecule has 0 unspecified atom stereocenters. The summed E-state index contributed by atoms with van der Waals surface area (Å²) in [6.07, 6.45) is 1.52. The molecule has 21 heavy (non-hydrogen) atoms. The molecule has 0 amide bonds. The number of likely N-dealkylation sites (N-methyl/N-ethyl adjacent to an activating group) is 1. The Morgan fingerprint density at radius 3 is 2.71 bits per heavy atom. The minimum Gasteiger partial charge on any atom is -0.492 e. The van der Waals surface area contributed by atoms with Gasteiger partial charge in [-0.1, -0.05) is 0 Å². The Balaban J connectivity index is 2.08. The lowest BCUT2D eigenvalue weighted by Gasteiger charge is -2.34. The van der Waals surface area contributed by atoms with Crippen molar-refractivity contribution in [3.63, 3.8) is 0 Å². The van der Waals surface area contributed by atoms with Crippen LogP contribution in [-0.2, 0) is 0 Å². The van der Waals surface area contributed by atoms with Gasteiger partial charge in [0.15, 0.2) is 6.29 Å². The number of hydrogen-bond donors (Lipinski definition) is 0. The van der Waals surface area contributed by atoms with Gasteiger partial charge in [0, 0.05) is 44.4 Å². The van der Waals surface area contributed by atoms with Crippen LogP contribution in [0.2, 0.25) is 0 Å². The average Bonchev–Trinajstić information content (AvgIpc) is 2.52. The SMILES string of the molecule is CC#CCCOc1cc(N2CCN(C)CC2)ccc1C=O. The van der Waals surface area contributed by atoms with Crippen LogP contribution in [0, 0.1) is 11.8 Å². The van der Waals surface area contributed by atoms with Gasteiger partial charge in [0.25, 0.3) is 0 Å². The zero-order valence-electron chi connectivity index (χ0n) is 12.8. The second-order valence-corrected chi connectivity index (χ2v) is 5.16. The second kappa shape index (κ2) is 7.70. The molecule has 1 saturated heterocycles. The van der Waals surface area contributed by atoms with Gasteiger partial charge in [-0.05, 0) is 26.1 Å². The number of nitrogens with zero attached hydrogens (tertiary/aromatic N) is 2. The molecular formula is C17H22N2O2. The number of hydrogen-bond acceptors (Lipinski definition) is 4. The summed E-state index contributed by atoms with van der Waals surface area (Å²) in [7, 11) is 2.14. The molecule has 0 spiro atoms. The fraction of sp³-hybridized carbons (Fsp3) is 0.471. The van der Waals surface area contributed by atoms with E-state index in [0.717, 1.165) is 38.2 Å². The van der Waals surface area contributed by atoms with Gasteiger partial charge in [0.2, 0.25) is 0 Å². The highest BCUT2D eigenvalue weighted by molar-refractivity contribution is 5.80. The number of carbonyl (C=O) groups excluding carboxylic acids is 1. The van der Waals surface area contributed by atoms with E-state index in [-0.39, 0.29) is 0 Å². The van der Waals surface area contributed by atoms with Crippen LogP contribution >= 0.6 is 0 Å². The van der Waals surface area contributed by atoms with Crippen molar-refractivity contribution in [3.05, 3.63) is 23.8 Å². The predicted molar refractivity (Wildman–Crippen MR) is 85.1 cm³/mol. The fourth-order valence-corrected chi connectivity index (χ4v) is 2.34. The molecule has 112 valence electrons. The molecule has 1 aliphatic rings. The van der Waals surface area contributed by atoms with Crippen molar-refractivity contribution in [3.8, 4) is 17.6 Å². The molecule has 0 N–H and O–H groups in total. The highest BCUT2D eigenvalue weighted by Crippen LogP contribution is 2.25. The highest BCUT2D eigenvalue weighted by Gasteiger charge is 2.15. The van der Waals surface area contributed by atoms with E-state index in [1.54, 1.807) is 0 Å². The van der Waals surface area contributed by atoms with E-state index in [4.69, 9.17) is 4.74 Å². The van der Waals surface area contributed by atoms with Gasteiger partial charge in [0.1, 0.15) is 5.75 Å². The van der Waals surface area contributed by atoms with Crippen molar-refractivity contribution in [2.45, 2.75) is 13.3 Å².